The van der Waals surface area contributed by atoms with Gasteiger partial charge in [-0.05, 0) is 50.4 Å². The van der Waals surface area contributed by atoms with Crippen LogP contribution in [0.1, 0.15) is 55.7 Å². The number of aryl methyl sites for hydroxylation is 2. The molecule has 0 saturated heterocycles. The van der Waals surface area contributed by atoms with Crippen molar-refractivity contribution in [3.63, 3.8) is 0 Å². The van der Waals surface area contributed by atoms with Crippen molar-refractivity contribution in [3.05, 3.63) is 11.4 Å². The molecule has 2 aliphatic rings. The Balaban J connectivity index is 1.70. The molecule has 1 amide bonds. The van der Waals surface area contributed by atoms with Crippen LogP contribution >= 0.6 is 0 Å². The van der Waals surface area contributed by atoms with Crippen LogP contribution in [0.4, 0.5) is 5.69 Å². The number of fused-ring (bicyclic) bond motifs is 2. The van der Waals surface area contributed by atoms with Crippen molar-refractivity contribution in [1.29, 1.82) is 0 Å². The average molecular weight is 290 g/mol. The lowest BCUT2D eigenvalue weighted by Gasteiger charge is -2.28. The van der Waals surface area contributed by atoms with E-state index in [4.69, 9.17) is 5.73 Å². The third-order valence-electron chi connectivity index (χ3n) is 5.50. The number of nitrogens with two attached hydrogens (primary N) is 1. The molecule has 1 aromatic heterocycles. The molecule has 0 spiro atoms. The maximum absolute atomic E-state index is 12.5. The van der Waals surface area contributed by atoms with Gasteiger partial charge >= 0.3 is 0 Å². The van der Waals surface area contributed by atoms with E-state index in [1.165, 1.54) is 25.7 Å². The third-order valence-corrected chi connectivity index (χ3v) is 5.50. The van der Waals surface area contributed by atoms with Gasteiger partial charge in [-0.3, -0.25) is 9.48 Å². The zero-order valence-electron chi connectivity index (χ0n) is 13.2. The maximum atomic E-state index is 12.5. The number of amides is 1. The van der Waals surface area contributed by atoms with Gasteiger partial charge in [-0.25, -0.2) is 0 Å². The van der Waals surface area contributed by atoms with Gasteiger partial charge < -0.3 is 11.1 Å². The molecule has 3 rings (SSSR count). The van der Waals surface area contributed by atoms with Crippen LogP contribution in [-0.2, 0) is 13.5 Å². The van der Waals surface area contributed by atoms with Gasteiger partial charge in [0.15, 0.2) is 0 Å². The van der Waals surface area contributed by atoms with Crippen LogP contribution in [0.3, 0.4) is 0 Å². The van der Waals surface area contributed by atoms with Gasteiger partial charge in [-0.2, -0.15) is 5.10 Å². The molecule has 3 N–H and O–H groups in total. The minimum absolute atomic E-state index is 0.0857. The van der Waals surface area contributed by atoms with E-state index in [9.17, 15) is 4.79 Å². The summed E-state index contributed by atoms with van der Waals surface area (Å²) in [5.74, 6) is 2.25. The number of rotatable bonds is 4. The first-order chi connectivity index (χ1) is 10.0. The molecular formula is C16H26N4O. The largest absolute Gasteiger partial charge is 0.395 e. The molecule has 21 heavy (non-hydrogen) atoms. The van der Waals surface area contributed by atoms with Gasteiger partial charge in [0.1, 0.15) is 5.69 Å². The number of anilines is 1. The van der Waals surface area contributed by atoms with Crippen molar-refractivity contribution < 1.29 is 4.79 Å². The van der Waals surface area contributed by atoms with E-state index in [0.717, 1.165) is 24.0 Å². The fraction of sp³-hybridized carbons (Fsp3) is 0.750. The fourth-order valence-corrected chi connectivity index (χ4v) is 4.41. The van der Waals surface area contributed by atoms with Crippen LogP contribution in [0.5, 0.6) is 0 Å². The summed E-state index contributed by atoms with van der Waals surface area (Å²) in [4.78, 5) is 12.5. The summed E-state index contributed by atoms with van der Waals surface area (Å²) in [7, 11) is 1.78. The molecule has 4 unspecified atom stereocenters. The van der Waals surface area contributed by atoms with Crippen LogP contribution in [0.2, 0.25) is 0 Å². The number of hydrogen-bond acceptors (Lipinski definition) is 3. The number of carbonyl (C=O) groups excluding carboxylic acids is 1. The Morgan fingerprint density at radius 2 is 2.24 bits per heavy atom. The lowest BCUT2D eigenvalue weighted by Crippen LogP contribution is -2.41. The van der Waals surface area contributed by atoms with Crippen LogP contribution in [0, 0.1) is 17.8 Å². The fourth-order valence-electron chi connectivity index (χ4n) is 4.41. The Morgan fingerprint density at radius 1 is 1.48 bits per heavy atom. The molecule has 2 bridgehead atoms. The van der Waals surface area contributed by atoms with E-state index >= 15 is 0 Å². The summed E-state index contributed by atoms with van der Waals surface area (Å²) in [6, 6.07) is 0.215. The van der Waals surface area contributed by atoms with Crippen LogP contribution < -0.4 is 11.1 Å². The zero-order valence-corrected chi connectivity index (χ0v) is 13.2. The van der Waals surface area contributed by atoms with Crippen molar-refractivity contribution in [2.45, 2.75) is 52.0 Å². The Morgan fingerprint density at radius 3 is 2.76 bits per heavy atom. The molecular weight excluding hydrogens is 264 g/mol. The van der Waals surface area contributed by atoms with E-state index in [1.54, 1.807) is 11.7 Å². The average Bonchev–Trinajstić information content (AvgIpc) is 3.12. The lowest BCUT2D eigenvalue weighted by atomic mass is 9.84. The van der Waals surface area contributed by atoms with E-state index in [0.29, 0.717) is 17.3 Å². The summed E-state index contributed by atoms with van der Waals surface area (Å²) in [5, 5.41) is 7.49. The topological polar surface area (TPSA) is 72.9 Å². The van der Waals surface area contributed by atoms with Gasteiger partial charge in [0, 0.05) is 13.1 Å². The Labute approximate surface area is 126 Å². The molecule has 2 saturated carbocycles. The van der Waals surface area contributed by atoms with Crippen molar-refractivity contribution in [2.24, 2.45) is 24.8 Å². The molecule has 5 heteroatoms. The van der Waals surface area contributed by atoms with E-state index in [-0.39, 0.29) is 11.9 Å². The number of nitrogen functional groups attached to an aromatic ring is 1. The molecule has 0 aliphatic heterocycles. The van der Waals surface area contributed by atoms with Gasteiger partial charge in [0.05, 0.1) is 11.4 Å². The molecule has 4 atom stereocenters. The first-order valence-corrected chi connectivity index (χ1v) is 8.13. The number of carbonyl (C=O) groups is 1. The summed E-state index contributed by atoms with van der Waals surface area (Å²) >= 11 is 0. The Bertz CT molecular complexity index is 551. The molecule has 0 aromatic carbocycles. The minimum Gasteiger partial charge on any atom is -0.395 e. The number of nitrogens with one attached hydrogen (secondary N) is 1. The van der Waals surface area contributed by atoms with Crippen LogP contribution in [-0.4, -0.2) is 21.7 Å². The molecule has 1 heterocycles. The normalized spacial score (nSPS) is 28.8. The van der Waals surface area contributed by atoms with Crippen LogP contribution in [0.25, 0.3) is 0 Å². The van der Waals surface area contributed by atoms with Gasteiger partial charge in [0.2, 0.25) is 0 Å². The number of aromatic nitrogens is 2. The summed E-state index contributed by atoms with van der Waals surface area (Å²) < 4.78 is 1.61. The molecule has 2 fully saturated rings. The minimum atomic E-state index is -0.0857. The highest BCUT2D eigenvalue weighted by molar-refractivity contribution is 5.98. The smallest absolute Gasteiger partial charge is 0.271 e. The van der Waals surface area contributed by atoms with Crippen molar-refractivity contribution in [1.82, 2.24) is 15.1 Å². The third kappa shape index (κ3) is 2.43. The van der Waals surface area contributed by atoms with Gasteiger partial charge in [-0.1, -0.05) is 13.3 Å². The molecule has 116 valence electrons. The number of nitrogens with zero attached hydrogens (tertiary/aromatic N) is 2. The lowest BCUT2D eigenvalue weighted by molar-refractivity contribution is 0.0906. The van der Waals surface area contributed by atoms with Crippen molar-refractivity contribution >= 4 is 11.6 Å². The summed E-state index contributed by atoms with van der Waals surface area (Å²) in [6.07, 6.45) is 6.10. The van der Waals surface area contributed by atoms with Crippen molar-refractivity contribution in [2.75, 3.05) is 5.73 Å². The second-order valence-electron chi connectivity index (χ2n) is 6.79. The SMILES string of the molecule is CCc1nn(C)c(C(=O)NC(C)C2CC3CCC2C3)c1N. The van der Waals surface area contributed by atoms with Crippen LogP contribution in [0.15, 0.2) is 0 Å². The molecule has 1 aromatic rings. The highest BCUT2D eigenvalue weighted by atomic mass is 16.2. The highest BCUT2D eigenvalue weighted by Gasteiger charge is 2.42. The Hall–Kier alpha value is -1.52. The van der Waals surface area contributed by atoms with E-state index in [1.807, 2.05) is 6.92 Å². The maximum Gasteiger partial charge on any atom is 0.271 e. The van der Waals surface area contributed by atoms with Gasteiger partial charge in [0.25, 0.3) is 5.91 Å². The van der Waals surface area contributed by atoms with E-state index < -0.39 is 0 Å². The Kier molecular flexibility index (Phi) is 3.68. The quantitative estimate of drug-likeness (QED) is 0.892. The first kappa shape index (κ1) is 14.4. The van der Waals surface area contributed by atoms with Gasteiger partial charge in [-0.15, -0.1) is 0 Å². The summed E-state index contributed by atoms with van der Waals surface area (Å²) in [5.41, 5.74) is 7.89. The monoisotopic (exact) mass is 290 g/mol. The van der Waals surface area contributed by atoms with E-state index in [2.05, 4.69) is 17.3 Å². The summed E-state index contributed by atoms with van der Waals surface area (Å²) in [6.45, 7) is 4.13. The first-order valence-electron chi connectivity index (χ1n) is 8.13. The second kappa shape index (κ2) is 5.35. The number of hydrogen-bond donors (Lipinski definition) is 2. The highest BCUT2D eigenvalue weighted by Crippen LogP contribution is 2.49. The molecule has 5 nitrogen and oxygen atoms in total. The molecule has 2 aliphatic carbocycles. The molecule has 0 radical (unpaired) electrons. The standard InChI is InChI=1S/C16H26N4O/c1-4-13-14(17)15(20(3)19-13)16(21)18-9(2)12-8-10-5-6-11(12)7-10/h9-12H,4-8,17H2,1-3H3,(H,18,21). The zero-order chi connectivity index (χ0) is 15.1. The second-order valence-corrected chi connectivity index (χ2v) is 6.79. The van der Waals surface area contributed by atoms with Crippen molar-refractivity contribution in [3.8, 4) is 0 Å². The predicted octanol–water partition coefficient (Wildman–Crippen LogP) is 2.12. The predicted molar refractivity (Wildman–Crippen MR) is 82.9 cm³/mol.